The number of amides is 1. The zero-order chi connectivity index (χ0) is 15.3. The summed E-state index contributed by atoms with van der Waals surface area (Å²) < 4.78 is 10.9. The number of ether oxygens (including phenoxy) is 2. The molecule has 1 aliphatic heterocycles. The van der Waals surface area contributed by atoms with Crippen molar-refractivity contribution in [3.63, 3.8) is 0 Å². The van der Waals surface area contributed by atoms with Crippen LogP contribution in [-0.4, -0.2) is 59.1 Å². The van der Waals surface area contributed by atoms with Crippen LogP contribution in [-0.2, 0) is 16.0 Å². The average molecular weight is 296 g/mol. The molecule has 1 aromatic heterocycles. The number of carbonyl (C=O) groups excluding carboxylic acids is 1. The third kappa shape index (κ3) is 5.02. The lowest BCUT2D eigenvalue weighted by Gasteiger charge is -2.36. The second kappa shape index (κ2) is 6.91. The number of H-pyrrole nitrogens is 1. The van der Waals surface area contributed by atoms with Crippen LogP contribution in [0.1, 0.15) is 26.5 Å². The van der Waals surface area contributed by atoms with Crippen LogP contribution in [0, 0.1) is 0 Å². The van der Waals surface area contributed by atoms with E-state index in [1.807, 2.05) is 26.8 Å². The first-order valence-corrected chi connectivity index (χ1v) is 7.22. The van der Waals surface area contributed by atoms with Crippen molar-refractivity contribution in [2.24, 2.45) is 0 Å². The highest BCUT2D eigenvalue weighted by atomic mass is 16.6. The normalized spacial score (nSPS) is 19.6. The minimum atomic E-state index is -0.483. The molecule has 0 aromatic carbocycles. The molecule has 1 aliphatic rings. The van der Waals surface area contributed by atoms with Crippen LogP contribution < -0.4 is 5.32 Å². The Bertz CT molecular complexity index is 442. The molecule has 7 nitrogen and oxygen atoms in total. The van der Waals surface area contributed by atoms with Crippen molar-refractivity contribution in [1.82, 2.24) is 20.4 Å². The van der Waals surface area contributed by atoms with E-state index in [4.69, 9.17) is 9.47 Å². The Hall–Kier alpha value is -1.60. The van der Waals surface area contributed by atoms with Crippen molar-refractivity contribution in [3.05, 3.63) is 18.0 Å². The van der Waals surface area contributed by atoms with E-state index >= 15 is 0 Å². The lowest BCUT2D eigenvalue weighted by Crippen LogP contribution is -2.54. The zero-order valence-corrected chi connectivity index (χ0v) is 12.9. The van der Waals surface area contributed by atoms with Gasteiger partial charge in [0.05, 0.1) is 19.3 Å². The minimum absolute atomic E-state index is 0.0171. The quantitative estimate of drug-likeness (QED) is 0.871. The fraction of sp³-hybridized carbons (Fsp3) is 0.714. The Labute approximate surface area is 125 Å². The van der Waals surface area contributed by atoms with Gasteiger partial charge in [-0.1, -0.05) is 0 Å². The van der Waals surface area contributed by atoms with Gasteiger partial charge in [0.1, 0.15) is 5.60 Å². The van der Waals surface area contributed by atoms with E-state index in [1.165, 1.54) is 0 Å². The van der Waals surface area contributed by atoms with Crippen LogP contribution in [0.2, 0.25) is 0 Å². The molecule has 2 rings (SSSR count). The molecule has 0 radical (unpaired) electrons. The first-order chi connectivity index (χ1) is 9.96. The molecule has 0 spiro atoms. The molecule has 1 amide bonds. The maximum atomic E-state index is 12.2. The molecule has 21 heavy (non-hydrogen) atoms. The molecule has 1 aromatic rings. The van der Waals surface area contributed by atoms with Gasteiger partial charge < -0.3 is 14.8 Å². The molecule has 0 bridgehead atoms. The van der Waals surface area contributed by atoms with E-state index in [0.717, 1.165) is 5.69 Å². The summed E-state index contributed by atoms with van der Waals surface area (Å²) in [5.74, 6) is 0. The summed E-state index contributed by atoms with van der Waals surface area (Å²) in [6.45, 7) is 8.58. The lowest BCUT2D eigenvalue weighted by atomic mass is 10.2. The van der Waals surface area contributed by atoms with Crippen molar-refractivity contribution in [3.8, 4) is 0 Å². The number of aromatic amines is 1. The first-order valence-electron chi connectivity index (χ1n) is 7.22. The molecule has 7 heteroatoms. The molecule has 1 saturated heterocycles. The number of hydrogen-bond donors (Lipinski definition) is 2. The number of hydrogen-bond acceptors (Lipinski definition) is 5. The Morgan fingerprint density at radius 2 is 2.43 bits per heavy atom. The monoisotopic (exact) mass is 296 g/mol. The van der Waals surface area contributed by atoms with Crippen LogP contribution in [0.5, 0.6) is 0 Å². The average Bonchev–Trinajstić information content (AvgIpc) is 2.90. The summed E-state index contributed by atoms with van der Waals surface area (Å²) in [4.78, 5) is 14.0. The van der Waals surface area contributed by atoms with Crippen molar-refractivity contribution in [2.75, 3.05) is 26.3 Å². The van der Waals surface area contributed by atoms with Gasteiger partial charge >= 0.3 is 6.09 Å². The summed E-state index contributed by atoms with van der Waals surface area (Å²) in [6, 6.07) is 1.90. The van der Waals surface area contributed by atoms with Crippen molar-refractivity contribution in [2.45, 2.75) is 39.0 Å². The van der Waals surface area contributed by atoms with Gasteiger partial charge in [-0.25, -0.2) is 4.79 Å². The highest BCUT2D eigenvalue weighted by Crippen LogP contribution is 2.14. The SMILES string of the molecule is CC(C)(C)OC(=O)N1CCOCC1CNCc1ccn[nH]1. The number of nitrogens with zero attached hydrogens (tertiary/aromatic N) is 2. The van der Waals surface area contributed by atoms with Gasteiger partial charge in [-0.15, -0.1) is 0 Å². The van der Waals surface area contributed by atoms with E-state index in [9.17, 15) is 4.79 Å². The highest BCUT2D eigenvalue weighted by molar-refractivity contribution is 5.68. The van der Waals surface area contributed by atoms with Crippen LogP contribution in [0.3, 0.4) is 0 Å². The number of nitrogens with one attached hydrogen (secondary N) is 2. The molecule has 1 unspecified atom stereocenters. The van der Waals surface area contributed by atoms with E-state index in [0.29, 0.717) is 32.8 Å². The van der Waals surface area contributed by atoms with Gasteiger partial charge in [0.2, 0.25) is 0 Å². The molecule has 0 saturated carbocycles. The third-order valence-corrected chi connectivity index (χ3v) is 3.11. The smallest absolute Gasteiger partial charge is 0.410 e. The Morgan fingerprint density at radius 1 is 1.62 bits per heavy atom. The first kappa shape index (κ1) is 15.8. The van der Waals surface area contributed by atoms with Crippen LogP contribution in [0.4, 0.5) is 4.79 Å². The summed E-state index contributed by atoms with van der Waals surface area (Å²) in [7, 11) is 0. The van der Waals surface area contributed by atoms with Crippen LogP contribution in [0.15, 0.2) is 12.3 Å². The van der Waals surface area contributed by atoms with E-state index < -0.39 is 5.60 Å². The summed E-state index contributed by atoms with van der Waals surface area (Å²) >= 11 is 0. The summed E-state index contributed by atoms with van der Waals surface area (Å²) in [6.07, 6.45) is 1.44. The fourth-order valence-corrected chi connectivity index (χ4v) is 2.14. The van der Waals surface area contributed by atoms with Gasteiger partial charge in [0, 0.05) is 31.5 Å². The number of aromatic nitrogens is 2. The van der Waals surface area contributed by atoms with Crippen molar-refractivity contribution >= 4 is 6.09 Å². The van der Waals surface area contributed by atoms with Crippen molar-refractivity contribution in [1.29, 1.82) is 0 Å². The molecular weight excluding hydrogens is 272 g/mol. The zero-order valence-electron chi connectivity index (χ0n) is 12.9. The predicted octanol–water partition coefficient (Wildman–Crippen LogP) is 1.14. The van der Waals surface area contributed by atoms with Gasteiger partial charge in [-0.2, -0.15) is 5.10 Å². The molecule has 1 fully saturated rings. The summed E-state index contributed by atoms with van der Waals surface area (Å²) in [5.41, 5.74) is 0.527. The second-order valence-electron chi connectivity index (χ2n) is 6.12. The maximum absolute atomic E-state index is 12.2. The molecule has 118 valence electrons. The Balaban J connectivity index is 1.84. The Kier molecular flexibility index (Phi) is 5.19. The Morgan fingerprint density at radius 3 is 3.10 bits per heavy atom. The van der Waals surface area contributed by atoms with E-state index in [2.05, 4.69) is 15.5 Å². The predicted molar refractivity (Wildman–Crippen MR) is 77.8 cm³/mol. The van der Waals surface area contributed by atoms with E-state index in [1.54, 1.807) is 11.1 Å². The minimum Gasteiger partial charge on any atom is -0.444 e. The fourth-order valence-electron chi connectivity index (χ4n) is 2.14. The number of carbonyl (C=O) groups is 1. The lowest BCUT2D eigenvalue weighted by molar-refractivity contribution is -0.0317. The topological polar surface area (TPSA) is 79.5 Å². The summed E-state index contributed by atoms with van der Waals surface area (Å²) in [5, 5.41) is 10.1. The standard InChI is InChI=1S/C14H24N4O3/c1-14(2,3)21-13(19)18-6-7-20-10-12(18)9-15-8-11-4-5-16-17-11/h4-5,12,15H,6-10H2,1-3H3,(H,16,17). The molecule has 2 N–H and O–H groups in total. The number of rotatable bonds is 4. The molecule has 0 aliphatic carbocycles. The van der Waals surface area contributed by atoms with E-state index in [-0.39, 0.29) is 12.1 Å². The van der Waals surface area contributed by atoms with Crippen LogP contribution in [0.25, 0.3) is 0 Å². The van der Waals surface area contributed by atoms with Gasteiger partial charge in [-0.05, 0) is 26.8 Å². The van der Waals surface area contributed by atoms with Gasteiger partial charge in [0.15, 0.2) is 0 Å². The van der Waals surface area contributed by atoms with Crippen LogP contribution >= 0.6 is 0 Å². The van der Waals surface area contributed by atoms with Gasteiger partial charge in [0.25, 0.3) is 0 Å². The molecule has 2 heterocycles. The van der Waals surface area contributed by atoms with Crippen molar-refractivity contribution < 1.29 is 14.3 Å². The number of morpholine rings is 1. The second-order valence-corrected chi connectivity index (χ2v) is 6.12. The largest absolute Gasteiger partial charge is 0.444 e. The van der Waals surface area contributed by atoms with Gasteiger partial charge in [-0.3, -0.25) is 10.00 Å². The molecular formula is C14H24N4O3. The third-order valence-electron chi connectivity index (χ3n) is 3.11. The molecule has 1 atom stereocenters. The maximum Gasteiger partial charge on any atom is 0.410 e. The highest BCUT2D eigenvalue weighted by Gasteiger charge is 2.30.